The molecule has 1 saturated heterocycles. The summed E-state index contributed by atoms with van der Waals surface area (Å²) >= 11 is 0. The van der Waals surface area contributed by atoms with Crippen LogP contribution in [0.5, 0.6) is 5.75 Å². The lowest BCUT2D eigenvalue weighted by Gasteiger charge is -2.59. The highest BCUT2D eigenvalue weighted by Crippen LogP contribution is 2.55. The molecule has 1 saturated carbocycles. The maximum atomic E-state index is 10.3. The van der Waals surface area contributed by atoms with Crippen LogP contribution in [0.3, 0.4) is 0 Å². The Bertz CT molecular complexity index is 558. The molecule has 4 rings (SSSR count). The minimum absolute atomic E-state index is 0.137. The zero-order valence-electron chi connectivity index (χ0n) is 13.0. The van der Waals surface area contributed by atoms with Gasteiger partial charge in [0.2, 0.25) is 0 Å². The molecule has 1 N–H and O–H groups in total. The maximum Gasteiger partial charge on any atom is 0.119 e. The summed E-state index contributed by atoms with van der Waals surface area (Å²) in [6.07, 6.45) is 5.24. The van der Waals surface area contributed by atoms with Gasteiger partial charge in [0.05, 0.1) is 13.2 Å². The van der Waals surface area contributed by atoms with Crippen molar-refractivity contribution < 1.29 is 9.84 Å². The molecular formula is C18H25NO2. The number of likely N-dealkylation sites (tertiary alicyclic amines) is 1. The van der Waals surface area contributed by atoms with Crippen molar-refractivity contribution >= 4 is 0 Å². The molecule has 0 radical (unpaired) electrons. The summed E-state index contributed by atoms with van der Waals surface area (Å²) in [4.78, 5) is 2.55. The van der Waals surface area contributed by atoms with E-state index in [1.807, 2.05) is 0 Å². The van der Waals surface area contributed by atoms with Crippen LogP contribution < -0.4 is 4.74 Å². The molecule has 1 aromatic rings. The fourth-order valence-corrected chi connectivity index (χ4v) is 5.31. The van der Waals surface area contributed by atoms with Crippen LogP contribution in [0.25, 0.3) is 0 Å². The maximum absolute atomic E-state index is 10.3. The van der Waals surface area contributed by atoms with Crippen LogP contribution in [0.4, 0.5) is 0 Å². The standard InChI is InChI=1S/C18H25NO2/c1-19-8-7-18-11-13(20)4-6-15(18)17(19)9-12-3-5-14(21-2)10-16(12)18/h3,5,10,13,15,17,20H,4,6-9,11H2,1-2H3/t13-,15+,17-,18+/m0/s1. The lowest BCUT2D eigenvalue weighted by molar-refractivity contribution is -0.0393. The number of hydrogen-bond donors (Lipinski definition) is 1. The molecule has 1 aliphatic heterocycles. The second kappa shape index (κ2) is 4.72. The van der Waals surface area contributed by atoms with Gasteiger partial charge in [-0.3, -0.25) is 0 Å². The first-order valence-electron chi connectivity index (χ1n) is 8.20. The van der Waals surface area contributed by atoms with Crippen molar-refractivity contribution in [2.24, 2.45) is 5.92 Å². The first kappa shape index (κ1) is 13.6. The Morgan fingerprint density at radius 3 is 3.00 bits per heavy atom. The van der Waals surface area contributed by atoms with Crippen molar-refractivity contribution in [2.45, 2.75) is 49.7 Å². The number of hydrogen-bond acceptors (Lipinski definition) is 3. The molecule has 3 nitrogen and oxygen atoms in total. The number of rotatable bonds is 1. The molecular weight excluding hydrogens is 262 g/mol. The van der Waals surface area contributed by atoms with Crippen LogP contribution in [0.15, 0.2) is 18.2 Å². The molecule has 114 valence electrons. The molecule has 2 aliphatic carbocycles. The van der Waals surface area contributed by atoms with E-state index in [1.54, 1.807) is 7.11 Å². The molecule has 0 amide bonds. The summed E-state index contributed by atoms with van der Waals surface area (Å²) in [7, 11) is 4.01. The van der Waals surface area contributed by atoms with Crippen molar-refractivity contribution in [1.82, 2.24) is 4.90 Å². The van der Waals surface area contributed by atoms with E-state index >= 15 is 0 Å². The van der Waals surface area contributed by atoms with E-state index in [0.29, 0.717) is 12.0 Å². The second-order valence-electron chi connectivity index (χ2n) is 7.22. The average molecular weight is 287 g/mol. The van der Waals surface area contributed by atoms with E-state index in [9.17, 15) is 5.11 Å². The fourth-order valence-electron chi connectivity index (χ4n) is 5.31. The van der Waals surface area contributed by atoms with Gasteiger partial charge in [-0.25, -0.2) is 0 Å². The SMILES string of the molecule is COc1ccc2c(c1)[C@@]13CCN(C)[C@@H](C2)[C@H]1CC[C@H](O)C3. The van der Waals surface area contributed by atoms with Crippen molar-refractivity contribution in [3.05, 3.63) is 29.3 Å². The van der Waals surface area contributed by atoms with Crippen LogP contribution in [0.2, 0.25) is 0 Å². The van der Waals surface area contributed by atoms with Crippen molar-refractivity contribution in [2.75, 3.05) is 20.7 Å². The van der Waals surface area contributed by atoms with Gasteiger partial charge < -0.3 is 14.7 Å². The van der Waals surface area contributed by atoms with Crippen molar-refractivity contribution in [1.29, 1.82) is 0 Å². The summed E-state index contributed by atoms with van der Waals surface area (Å²) in [6, 6.07) is 7.23. The van der Waals surface area contributed by atoms with Gasteiger partial charge in [-0.2, -0.15) is 0 Å². The molecule has 2 bridgehead atoms. The Kier molecular flexibility index (Phi) is 3.05. The van der Waals surface area contributed by atoms with E-state index in [1.165, 1.54) is 17.5 Å². The van der Waals surface area contributed by atoms with Gasteiger partial charge in [-0.15, -0.1) is 0 Å². The van der Waals surface area contributed by atoms with E-state index in [0.717, 1.165) is 38.0 Å². The third-order valence-electron chi connectivity index (χ3n) is 6.34. The Hall–Kier alpha value is -1.06. The molecule has 2 fully saturated rings. The number of aliphatic hydroxyl groups is 1. The van der Waals surface area contributed by atoms with Crippen LogP contribution >= 0.6 is 0 Å². The number of methoxy groups -OCH3 is 1. The van der Waals surface area contributed by atoms with E-state index in [4.69, 9.17) is 4.74 Å². The number of likely N-dealkylation sites (N-methyl/N-ethyl adjacent to an activating group) is 1. The fraction of sp³-hybridized carbons (Fsp3) is 0.667. The first-order chi connectivity index (χ1) is 10.1. The van der Waals surface area contributed by atoms with E-state index in [-0.39, 0.29) is 11.5 Å². The Labute approximate surface area is 126 Å². The monoisotopic (exact) mass is 287 g/mol. The van der Waals surface area contributed by atoms with E-state index in [2.05, 4.69) is 30.1 Å². The van der Waals surface area contributed by atoms with Gasteiger partial charge in [0, 0.05) is 11.5 Å². The van der Waals surface area contributed by atoms with Crippen LogP contribution in [0.1, 0.15) is 36.8 Å². The number of aliphatic hydroxyl groups excluding tert-OH is 1. The quantitative estimate of drug-likeness (QED) is 0.860. The topological polar surface area (TPSA) is 32.7 Å². The molecule has 4 atom stereocenters. The van der Waals surface area contributed by atoms with Gasteiger partial charge in [0.25, 0.3) is 0 Å². The van der Waals surface area contributed by atoms with Crippen molar-refractivity contribution in [3.8, 4) is 5.75 Å². The molecule has 1 heterocycles. The summed E-state index contributed by atoms with van der Waals surface area (Å²) < 4.78 is 5.47. The lowest BCUT2D eigenvalue weighted by atomic mass is 9.52. The Morgan fingerprint density at radius 1 is 1.33 bits per heavy atom. The van der Waals surface area contributed by atoms with Gasteiger partial charge in [-0.1, -0.05) is 6.07 Å². The highest BCUT2D eigenvalue weighted by Gasteiger charge is 2.54. The molecule has 0 aromatic heterocycles. The second-order valence-corrected chi connectivity index (χ2v) is 7.22. The Balaban J connectivity index is 1.88. The van der Waals surface area contributed by atoms with Crippen LogP contribution in [-0.4, -0.2) is 42.9 Å². The molecule has 3 aliphatic rings. The number of benzene rings is 1. The third-order valence-corrected chi connectivity index (χ3v) is 6.34. The Morgan fingerprint density at radius 2 is 2.19 bits per heavy atom. The van der Waals surface area contributed by atoms with Crippen LogP contribution in [0, 0.1) is 5.92 Å². The van der Waals surface area contributed by atoms with E-state index < -0.39 is 0 Å². The minimum Gasteiger partial charge on any atom is -0.497 e. The molecule has 21 heavy (non-hydrogen) atoms. The highest BCUT2D eigenvalue weighted by atomic mass is 16.5. The van der Waals surface area contributed by atoms with Gasteiger partial charge in [-0.05, 0) is 74.9 Å². The molecule has 3 heteroatoms. The number of nitrogens with zero attached hydrogens (tertiary/aromatic N) is 1. The predicted octanol–water partition coefficient (Wildman–Crippen LogP) is 2.35. The average Bonchev–Trinajstić information content (AvgIpc) is 2.50. The minimum atomic E-state index is -0.137. The summed E-state index contributed by atoms with van der Waals surface area (Å²) in [5.74, 6) is 1.65. The van der Waals surface area contributed by atoms with Crippen molar-refractivity contribution in [3.63, 3.8) is 0 Å². The predicted molar refractivity (Wildman–Crippen MR) is 82.8 cm³/mol. The van der Waals surface area contributed by atoms with Crippen LogP contribution in [-0.2, 0) is 11.8 Å². The summed E-state index contributed by atoms with van der Waals surface area (Å²) in [5.41, 5.74) is 3.12. The largest absolute Gasteiger partial charge is 0.497 e. The lowest BCUT2D eigenvalue weighted by Crippen LogP contribution is -2.61. The van der Waals surface area contributed by atoms with Gasteiger partial charge in [0.1, 0.15) is 5.75 Å². The summed E-state index contributed by atoms with van der Waals surface area (Å²) in [5, 5.41) is 10.3. The van der Waals surface area contributed by atoms with Gasteiger partial charge >= 0.3 is 0 Å². The van der Waals surface area contributed by atoms with Gasteiger partial charge in [0.15, 0.2) is 0 Å². The zero-order valence-corrected chi connectivity index (χ0v) is 13.0. The highest BCUT2D eigenvalue weighted by molar-refractivity contribution is 5.45. The molecule has 0 spiro atoms. The normalized spacial score (nSPS) is 38.5. The zero-order chi connectivity index (χ0) is 14.6. The first-order valence-corrected chi connectivity index (χ1v) is 8.20. The number of piperidine rings is 1. The molecule has 1 aromatic carbocycles. The summed E-state index contributed by atoms with van der Waals surface area (Å²) in [6.45, 7) is 1.14. The molecule has 0 unspecified atom stereocenters. The number of ether oxygens (including phenoxy) is 1. The number of fused-ring (bicyclic) bond motifs is 1. The third kappa shape index (κ3) is 1.87. The smallest absolute Gasteiger partial charge is 0.119 e.